The molecule has 2 aromatic carbocycles. The number of carbonyl (C=O) groups excluding carboxylic acids is 8. The van der Waals surface area contributed by atoms with Crippen molar-refractivity contribution in [2.45, 2.75) is 156 Å². The van der Waals surface area contributed by atoms with Gasteiger partial charge in [-0.05, 0) is 74.9 Å². The van der Waals surface area contributed by atoms with Crippen molar-refractivity contribution in [3.63, 3.8) is 0 Å². The number of carbonyl (C=O) groups is 8. The van der Waals surface area contributed by atoms with E-state index < -0.39 is 114 Å². The lowest BCUT2D eigenvalue weighted by Gasteiger charge is -2.44. The Morgan fingerprint density at radius 1 is 0.861 bits per heavy atom. The number of aliphatic hydroxyl groups is 1. The number of ether oxygens (including phenoxy) is 8. The van der Waals surface area contributed by atoms with Gasteiger partial charge in [-0.3, -0.25) is 33.6 Å². The molecule has 3 aliphatic rings. The molecule has 1 fully saturated rings. The molecule has 8 atom stereocenters. The van der Waals surface area contributed by atoms with E-state index in [2.05, 4.69) is 10.6 Å². The molecule has 5 heterocycles. The van der Waals surface area contributed by atoms with Gasteiger partial charge in [-0.25, -0.2) is 14.6 Å². The summed E-state index contributed by atoms with van der Waals surface area (Å²) in [6.07, 6.45) is -8.36. The number of benzene rings is 2. The third-order valence-corrected chi connectivity index (χ3v) is 13.8. The van der Waals surface area contributed by atoms with Gasteiger partial charge in [-0.1, -0.05) is 45.0 Å². The zero-order valence-electron chi connectivity index (χ0n) is 45.6. The smallest absolute Gasteiger partial charge is 0.410 e. The van der Waals surface area contributed by atoms with Crippen molar-refractivity contribution in [1.82, 2.24) is 19.8 Å². The van der Waals surface area contributed by atoms with Crippen molar-refractivity contribution < 1.29 is 81.4 Å². The van der Waals surface area contributed by atoms with Crippen LogP contribution in [0, 0.1) is 5.92 Å². The summed E-state index contributed by atoms with van der Waals surface area (Å²) < 4.78 is 47.2. The van der Waals surface area contributed by atoms with Gasteiger partial charge in [0.15, 0.2) is 17.8 Å². The van der Waals surface area contributed by atoms with Crippen LogP contribution in [0.2, 0.25) is 0 Å². The molecule has 1 saturated heterocycles. The van der Waals surface area contributed by atoms with E-state index in [1.807, 2.05) is 38.1 Å². The Labute approximate surface area is 454 Å². The third kappa shape index (κ3) is 12.8. The van der Waals surface area contributed by atoms with Gasteiger partial charge in [-0.2, -0.15) is 0 Å². The van der Waals surface area contributed by atoms with Crippen LogP contribution in [0.4, 0.5) is 10.5 Å². The summed E-state index contributed by atoms with van der Waals surface area (Å²) in [5.41, 5.74) is 7.33. The molecule has 0 saturated carbocycles. The molecule has 0 radical (unpaired) electrons. The Balaban J connectivity index is 1.19. The SMILES string of the molecule is CC[C@@]1(O)C(=O)OCc2c1cc1n(c2=O)Cc2c-1nc1ccccc1c2CCN(C(=O)OCc1ccc(NC(=O)C(C)NC(=O)C(N)C(C)C)c(O[C@@H]2O[C@H](COC(C)=O)[C@H](OC(C)=O)[C@H](OC(C)=O)[C@H]2OC(C)=O)c1)C(C)C. The lowest BCUT2D eigenvalue weighted by atomic mass is 9.86. The van der Waals surface area contributed by atoms with Crippen molar-refractivity contribution in [2.24, 2.45) is 11.7 Å². The highest BCUT2D eigenvalue weighted by Gasteiger charge is 2.54. The highest BCUT2D eigenvalue weighted by atomic mass is 16.7. The van der Waals surface area contributed by atoms with E-state index >= 15 is 0 Å². The number of cyclic esters (lactones) is 1. The van der Waals surface area contributed by atoms with Crippen molar-refractivity contribution >= 4 is 64.3 Å². The first kappa shape index (κ1) is 58.7. The zero-order valence-corrected chi connectivity index (χ0v) is 45.6. The number of pyridine rings is 2. The van der Waals surface area contributed by atoms with E-state index in [1.165, 1.54) is 30.0 Å². The minimum Gasteiger partial charge on any atom is -0.463 e. The molecule has 24 heteroatoms. The Bertz CT molecular complexity index is 3120. The van der Waals surface area contributed by atoms with Crippen molar-refractivity contribution in [1.29, 1.82) is 0 Å². The number of fused-ring (bicyclic) bond motifs is 5. The standard InChI is InChI=1S/C55H66N6O18/c1-11-55(71)38-21-41-45-36(22-61(41)51(68)37(38)24-73-53(55)69)34(35-14-12-13-15-39(35)58-45)18-19-60(27(4)5)54(70)74-23-33-16-17-40(59-49(66)28(6)57-50(67)44(56)26(2)3)42(20-33)78-52-48(77-32(10)65)47(76-31(9)64)46(75-30(8)63)43(79-52)25-72-29(7)62/h12-17,20-21,26-28,43-44,46-48,52,71H,11,18-19,22-25,56H2,1-10H3,(H,57,67)(H,59,66)/t28?,43-,44?,46+,47+,48-,52-,55+/m1/s1. The highest BCUT2D eigenvalue weighted by molar-refractivity contribution is 5.98. The van der Waals surface area contributed by atoms with Crippen LogP contribution in [0.1, 0.15) is 103 Å². The average Bonchev–Trinajstić information content (AvgIpc) is 3.90. The van der Waals surface area contributed by atoms with E-state index in [-0.39, 0.29) is 67.6 Å². The molecule has 7 rings (SSSR count). The summed E-state index contributed by atoms with van der Waals surface area (Å²) in [6.45, 7) is 13.5. The summed E-state index contributed by atoms with van der Waals surface area (Å²) in [6, 6.07) is 10.9. The molecule has 79 heavy (non-hydrogen) atoms. The Morgan fingerprint density at radius 3 is 2.18 bits per heavy atom. The number of hydrogen-bond acceptors (Lipinski definition) is 20. The van der Waals surface area contributed by atoms with E-state index in [9.17, 15) is 48.3 Å². The predicted octanol–water partition coefficient (Wildman–Crippen LogP) is 3.56. The molecule has 3 aliphatic heterocycles. The van der Waals surface area contributed by atoms with Crippen LogP contribution in [-0.2, 0) is 98.5 Å². The summed E-state index contributed by atoms with van der Waals surface area (Å²) >= 11 is 0. The second-order valence-electron chi connectivity index (χ2n) is 20.1. The minimum atomic E-state index is -2.01. The number of anilines is 1. The lowest BCUT2D eigenvalue weighted by Crippen LogP contribution is -2.63. The van der Waals surface area contributed by atoms with Crippen LogP contribution < -0.4 is 26.7 Å². The number of rotatable bonds is 19. The monoisotopic (exact) mass is 1100 g/mol. The van der Waals surface area contributed by atoms with E-state index in [1.54, 1.807) is 31.4 Å². The highest BCUT2D eigenvalue weighted by Crippen LogP contribution is 2.41. The molecular weight excluding hydrogens is 1030 g/mol. The fraction of sp³-hybridized carbons (Fsp3) is 0.491. The maximum Gasteiger partial charge on any atom is 0.410 e. The Kier molecular flexibility index (Phi) is 18.1. The second kappa shape index (κ2) is 24.4. The maximum absolute atomic E-state index is 14.2. The van der Waals surface area contributed by atoms with Crippen molar-refractivity contribution in [2.75, 3.05) is 18.5 Å². The average molecular weight is 1100 g/mol. The maximum atomic E-state index is 14.2. The fourth-order valence-corrected chi connectivity index (χ4v) is 9.60. The molecule has 3 amide bonds. The number of esters is 5. The van der Waals surface area contributed by atoms with E-state index in [0.29, 0.717) is 22.5 Å². The lowest BCUT2D eigenvalue weighted by molar-refractivity contribution is -0.288. The normalized spacial score (nSPS) is 20.8. The topological polar surface area (TPSA) is 319 Å². The number of amides is 3. The molecule has 2 aromatic heterocycles. The minimum absolute atomic E-state index is 0.0189. The summed E-state index contributed by atoms with van der Waals surface area (Å²) in [7, 11) is 0. The second-order valence-corrected chi connectivity index (χ2v) is 20.1. The fourth-order valence-electron chi connectivity index (χ4n) is 9.60. The van der Waals surface area contributed by atoms with E-state index in [4.69, 9.17) is 48.6 Å². The largest absolute Gasteiger partial charge is 0.463 e. The molecule has 0 bridgehead atoms. The molecular formula is C55H66N6O18. The molecule has 0 aliphatic carbocycles. The number of nitrogens with zero attached hydrogens (tertiary/aromatic N) is 3. The first-order valence-electron chi connectivity index (χ1n) is 25.8. The first-order valence-corrected chi connectivity index (χ1v) is 25.8. The van der Waals surface area contributed by atoms with Crippen molar-refractivity contribution in [3.05, 3.63) is 86.7 Å². The van der Waals surface area contributed by atoms with Crippen LogP contribution in [-0.4, -0.2) is 129 Å². The first-order chi connectivity index (χ1) is 37.3. The van der Waals surface area contributed by atoms with Gasteiger partial charge in [0.2, 0.25) is 24.2 Å². The van der Waals surface area contributed by atoms with Crippen molar-refractivity contribution in [3.8, 4) is 17.1 Å². The Morgan fingerprint density at radius 2 is 1.53 bits per heavy atom. The van der Waals surface area contributed by atoms with Crippen LogP contribution in [0.15, 0.2) is 53.3 Å². The van der Waals surface area contributed by atoms with Crippen LogP contribution in [0.5, 0.6) is 5.75 Å². The van der Waals surface area contributed by atoms with Gasteiger partial charge >= 0.3 is 35.9 Å². The molecule has 4 aromatic rings. The molecule has 424 valence electrons. The third-order valence-electron chi connectivity index (χ3n) is 13.8. The van der Waals surface area contributed by atoms with Crippen LogP contribution in [0.25, 0.3) is 22.3 Å². The summed E-state index contributed by atoms with van der Waals surface area (Å²) in [5, 5.41) is 17.5. The van der Waals surface area contributed by atoms with Crippen LogP contribution in [0.3, 0.4) is 0 Å². The predicted molar refractivity (Wildman–Crippen MR) is 278 cm³/mol. The molecule has 2 unspecified atom stereocenters. The van der Waals surface area contributed by atoms with Gasteiger partial charge in [0.1, 0.15) is 37.7 Å². The number of hydrogen-bond donors (Lipinski definition) is 4. The summed E-state index contributed by atoms with van der Waals surface area (Å²) in [4.78, 5) is 124. The number of aromatic nitrogens is 2. The molecule has 0 spiro atoms. The zero-order chi connectivity index (χ0) is 57.8. The number of nitrogens with one attached hydrogen (secondary N) is 2. The van der Waals surface area contributed by atoms with Gasteiger partial charge in [0, 0.05) is 56.8 Å². The Hall–Kier alpha value is -7.96. The molecule has 5 N–H and O–H groups in total. The van der Waals surface area contributed by atoms with Gasteiger partial charge in [-0.15, -0.1) is 0 Å². The quantitative estimate of drug-likeness (QED) is 0.0678. The van der Waals surface area contributed by atoms with Gasteiger partial charge < -0.3 is 68.8 Å². The van der Waals surface area contributed by atoms with Gasteiger partial charge in [0.25, 0.3) is 5.56 Å². The van der Waals surface area contributed by atoms with Crippen LogP contribution >= 0.6 is 0 Å². The summed E-state index contributed by atoms with van der Waals surface area (Å²) in [5.74, 6) is -5.94. The number of para-hydroxylation sites is 1. The van der Waals surface area contributed by atoms with Gasteiger partial charge in [0.05, 0.1) is 40.7 Å². The molecule has 24 nitrogen and oxygen atoms in total. The van der Waals surface area contributed by atoms with E-state index in [0.717, 1.165) is 44.2 Å². The number of nitrogens with two attached hydrogens (primary N) is 1.